The summed E-state index contributed by atoms with van der Waals surface area (Å²) in [5.74, 6) is -0.409. The first kappa shape index (κ1) is 22.1. The first-order valence-electron chi connectivity index (χ1n) is 8.80. The molecular formula is C19H36O4. The lowest BCUT2D eigenvalue weighted by molar-refractivity contribution is -0.139. The van der Waals surface area contributed by atoms with Gasteiger partial charge in [-0.15, -0.1) is 0 Å². The van der Waals surface area contributed by atoms with Gasteiger partial charge in [0.15, 0.2) is 0 Å². The highest BCUT2D eigenvalue weighted by atomic mass is 16.5. The third-order valence-electron chi connectivity index (χ3n) is 4.28. The van der Waals surface area contributed by atoms with E-state index < -0.39 is 5.97 Å². The number of hydrogen-bond acceptors (Lipinski definition) is 3. The van der Waals surface area contributed by atoms with Gasteiger partial charge in [0.05, 0.1) is 13.0 Å². The van der Waals surface area contributed by atoms with Crippen molar-refractivity contribution < 1.29 is 19.4 Å². The number of Topliss-reactive ketones (excluding diaryl/α,β-unsaturated/α-hetero) is 1. The number of unbranched alkanes of at least 4 members (excludes halogenated alkanes) is 2. The van der Waals surface area contributed by atoms with Gasteiger partial charge in [-0.2, -0.15) is 0 Å². The molecule has 0 aromatic heterocycles. The van der Waals surface area contributed by atoms with E-state index in [2.05, 4.69) is 13.8 Å². The van der Waals surface area contributed by atoms with Gasteiger partial charge in [-0.1, -0.05) is 40.5 Å². The van der Waals surface area contributed by atoms with Crippen molar-refractivity contribution >= 4 is 11.8 Å². The van der Waals surface area contributed by atoms with Crippen molar-refractivity contribution in [3.05, 3.63) is 0 Å². The molecule has 0 aliphatic carbocycles. The summed E-state index contributed by atoms with van der Waals surface area (Å²) in [6.07, 6.45) is 7.24. The van der Waals surface area contributed by atoms with Crippen LogP contribution in [0.25, 0.3) is 0 Å². The molecule has 0 saturated heterocycles. The van der Waals surface area contributed by atoms with Crippen LogP contribution in [0.4, 0.5) is 0 Å². The minimum Gasteiger partial charge on any atom is -0.481 e. The predicted octanol–water partition coefficient (Wildman–Crippen LogP) is 4.85. The highest BCUT2D eigenvalue weighted by molar-refractivity contribution is 5.78. The number of carbonyl (C=O) groups excluding carboxylic acids is 1. The summed E-state index contributed by atoms with van der Waals surface area (Å²) in [6.45, 7) is 9.09. The normalized spacial score (nSPS) is 12.4. The molecular weight excluding hydrogens is 292 g/mol. The number of carboxylic acid groups (broad SMARTS) is 1. The standard InChI is InChI=1S/C19H36O4/c1-18(2,14-17(21)22)12-8-6-10-16(20)11-7-9-13-19(3,4)15-23-5/h6-15H2,1-5H3,(H,21,22). The maximum atomic E-state index is 11.9. The molecule has 0 rings (SSSR count). The number of ketones is 1. The van der Waals surface area contributed by atoms with Crippen molar-refractivity contribution in [1.82, 2.24) is 0 Å². The smallest absolute Gasteiger partial charge is 0.303 e. The Morgan fingerprint density at radius 3 is 1.78 bits per heavy atom. The molecule has 0 heterocycles. The number of carbonyl (C=O) groups is 2. The largest absolute Gasteiger partial charge is 0.481 e. The second kappa shape index (κ2) is 10.8. The molecule has 0 spiro atoms. The average Bonchev–Trinajstić information content (AvgIpc) is 2.38. The van der Waals surface area contributed by atoms with E-state index in [1.807, 2.05) is 13.8 Å². The van der Waals surface area contributed by atoms with Gasteiger partial charge >= 0.3 is 5.97 Å². The monoisotopic (exact) mass is 328 g/mol. The molecule has 0 aromatic carbocycles. The van der Waals surface area contributed by atoms with E-state index in [0.29, 0.717) is 18.6 Å². The first-order valence-corrected chi connectivity index (χ1v) is 8.80. The zero-order valence-electron chi connectivity index (χ0n) is 15.7. The van der Waals surface area contributed by atoms with Crippen molar-refractivity contribution in [1.29, 1.82) is 0 Å². The molecule has 23 heavy (non-hydrogen) atoms. The maximum Gasteiger partial charge on any atom is 0.303 e. The Morgan fingerprint density at radius 1 is 0.870 bits per heavy atom. The van der Waals surface area contributed by atoms with E-state index in [9.17, 15) is 9.59 Å². The molecule has 0 saturated carbocycles. The van der Waals surface area contributed by atoms with E-state index >= 15 is 0 Å². The predicted molar refractivity (Wildman–Crippen MR) is 93.6 cm³/mol. The Kier molecular flexibility index (Phi) is 10.4. The fourth-order valence-electron chi connectivity index (χ4n) is 2.94. The molecule has 0 unspecified atom stereocenters. The van der Waals surface area contributed by atoms with Crippen LogP contribution in [-0.2, 0) is 14.3 Å². The average molecular weight is 328 g/mol. The molecule has 4 heteroatoms. The van der Waals surface area contributed by atoms with Gasteiger partial charge in [0.2, 0.25) is 0 Å². The van der Waals surface area contributed by atoms with Gasteiger partial charge in [-0.25, -0.2) is 0 Å². The van der Waals surface area contributed by atoms with Crippen LogP contribution in [0, 0.1) is 10.8 Å². The van der Waals surface area contributed by atoms with Crippen LogP contribution in [0.3, 0.4) is 0 Å². The van der Waals surface area contributed by atoms with Crippen molar-refractivity contribution in [3.8, 4) is 0 Å². The number of ether oxygens (including phenoxy) is 1. The SMILES string of the molecule is COCC(C)(C)CCCCC(=O)CCCCC(C)(C)CC(=O)O. The van der Waals surface area contributed by atoms with Crippen molar-refractivity contribution in [2.24, 2.45) is 10.8 Å². The molecule has 0 amide bonds. The van der Waals surface area contributed by atoms with E-state index in [-0.39, 0.29) is 17.3 Å². The van der Waals surface area contributed by atoms with Gasteiger partial charge in [0.1, 0.15) is 5.78 Å². The number of carboxylic acids is 1. The maximum absolute atomic E-state index is 11.9. The lowest BCUT2D eigenvalue weighted by atomic mass is 9.83. The van der Waals surface area contributed by atoms with Crippen LogP contribution in [-0.4, -0.2) is 30.6 Å². The summed E-state index contributed by atoms with van der Waals surface area (Å²) in [4.78, 5) is 22.6. The summed E-state index contributed by atoms with van der Waals surface area (Å²) in [5, 5.41) is 8.84. The fraction of sp³-hybridized carbons (Fsp3) is 0.895. The molecule has 0 bridgehead atoms. The molecule has 0 aliphatic rings. The molecule has 0 aromatic rings. The topological polar surface area (TPSA) is 63.6 Å². The zero-order chi connectivity index (χ0) is 17.9. The number of rotatable bonds is 14. The third-order valence-corrected chi connectivity index (χ3v) is 4.28. The second-order valence-corrected chi connectivity index (χ2v) is 8.28. The Bertz CT molecular complexity index is 358. The van der Waals surface area contributed by atoms with E-state index in [4.69, 9.17) is 9.84 Å². The number of hydrogen-bond donors (Lipinski definition) is 1. The van der Waals surface area contributed by atoms with Crippen molar-refractivity contribution in [2.75, 3.05) is 13.7 Å². The molecule has 0 aliphatic heterocycles. The second-order valence-electron chi connectivity index (χ2n) is 8.28. The molecule has 1 N–H and O–H groups in total. The van der Waals surface area contributed by atoms with E-state index in [0.717, 1.165) is 45.1 Å². The van der Waals surface area contributed by atoms with Gasteiger partial charge in [0, 0.05) is 20.0 Å². The van der Waals surface area contributed by atoms with Gasteiger partial charge in [-0.05, 0) is 36.5 Å². The van der Waals surface area contributed by atoms with Crippen LogP contribution in [0.1, 0.15) is 85.5 Å². The molecule has 0 radical (unpaired) electrons. The Labute approximate surface area is 142 Å². The molecule has 0 atom stereocenters. The third kappa shape index (κ3) is 13.3. The van der Waals surface area contributed by atoms with Crippen LogP contribution >= 0.6 is 0 Å². The van der Waals surface area contributed by atoms with E-state index in [1.54, 1.807) is 7.11 Å². The fourth-order valence-corrected chi connectivity index (χ4v) is 2.94. The summed E-state index contributed by atoms with van der Waals surface area (Å²) in [7, 11) is 1.73. The van der Waals surface area contributed by atoms with Gasteiger partial charge in [-0.3, -0.25) is 9.59 Å². The van der Waals surface area contributed by atoms with Crippen molar-refractivity contribution in [2.45, 2.75) is 85.5 Å². The zero-order valence-corrected chi connectivity index (χ0v) is 15.7. The van der Waals surface area contributed by atoms with E-state index in [1.165, 1.54) is 0 Å². The lowest BCUT2D eigenvalue weighted by Crippen LogP contribution is -2.18. The highest BCUT2D eigenvalue weighted by Crippen LogP contribution is 2.28. The number of methoxy groups -OCH3 is 1. The quantitative estimate of drug-likeness (QED) is 0.463. The van der Waals surface area contributed by atoms with Gasteiger partial charge < -0.3 is 9.84 Å². The molecule has 4 nitrogen and oxygen atoms in total. The first-order chi connectivity index (χ1) is 10.6. The Balaban J connectivity index is 3.71. The van der Waals surface area contributed by atoms with Crippen LogP contribution in [0.2, 0.25) is 0 Å². The van der Waals surface area contributed by atoms with Crippen LogP contribution in [0.5, 0.6) is 0 Å². The van der Waals surface area contributed by atoms with Gasteiger partial charge in [0.25, 0.3) is 0 Å². The lowest BCUT2D eigenvalue weighted by Gasteiger charge is -2.23. The Morgan fingerprint density at radius 2 is 1.35 bits per heavy atom. The minimum atomic E-state index is -0.748. The summed E-state index contributed by atoms with van der Waals surface area (Å²) >= 11 is 0. The summed E-state index contributed by atoms with van der Waals surface area (Å²) < 4.78 is 5.20. The number of aliphatic carboxylic acids is 1. The summed E-state index contributed by atoms with van der Waals surface area (Å²) in [6, 6.07) is 0. The van der Waals surface area contributed by atoms with Crippen LogP contribution < -0.4 is 0 Å². The van der Waals surface area contributed by atoms with Crippen LogP contribution in [0.15, 0.2) is 0 Å². The Hall–Kier alpha value is -0.900. The minimum absolute atomic E-state index is 0.179. The highest BCUT2D eigenvalue weighted by Gasteiger charge is 2.21. The molecule has 136 valence electrons. The molecule has 0 fully saturated rings. The summed E-state index contributed by atoms with van der Waals surface area (Å²) in [5.41, 5.74) is 0.00926. The van der Waals surface area contributed by atoms with Crippen molar-refractivity contribution in [3.63, 3.8) is 0 Å².